The average molecular weight is 637 g/mol. The molecule has 2 aromatic rings. The second kappa shape index (κ2) is 13.0. The molecule has 2 atom stereocenters. The number of halogens is 5. The number of rotatable bonds is 7. The molecule has 12 heteroatoms. The summed E-state index contributed by atoms with van der Waals surface area (Å²) in [4.78, 5) is 45.9. The number of carbonyl (C=O) groups excluding carboxylic acids is 3. The van der Waals surface area contributed by atoms with E-state index < -0.39 is 23.5 Å². The van der Waals surface area contributed by atoms with Gasteiger partial charge in [-0.25, -0.2) is 4.39 Å². The summed E-state index contributed by atoms with van der Waals surface area (Å²) in [5.41, 5.74) is 0.219. The number of hydrogen-bond donors (Lipinski definition) is 0. The lowest BCUT2D eigenvalue weighted by Crippen LogP contribution is -2.44. The maximum absolute atomic E-state index is 14.1. The number of amides is 3. The first kappa shape index (κ1) is 32.2. The van der Waals surface area contributed by atoms with Crippen molar-refractivity contribution < 1.29 is 31.9 Å². The quantitative estimate of drug-likeness (QED) is 0.377. The molecule has 0 N–H and O–H groups in total. The molecular weight excluding hydrogens is 600 g/mol. The van der Waals surface area contributed by atoms with E-state index in [0.717, 1.165) is 43.4 Å². The highest BCUT2D eigenvalue weighted by Crippen LogP contribution is 2.35. The van der Waals surface area contributed by atoms with Crippen LogP contribution in [0, 0.1) is 30.5 Å². The molecule has 238 valence electrons. The molecule has 0 radical (unpaired) electrons. The lowest BCUT2D eigenvalue weighted by Gasteiger charge is -2.34. The van der Waals surface area contributed by atoms with Crippen LogP contribution in [0.3, 0.4) is 0 Å². The monoisotopic (exact) mass is 636 g/mol. The third-order valence-electron chi connectivity index (χ3n) is 9.25. The van der Waals surface area contributed by atoms with Gasteiger partial charge < -0.3 is 19.6 Å². The first-order chi connectivity index (χ1) is 20.8. The van der Waals surface area contributed by atoms with Gasteiger partial charge >= 0.3 is 6.18 Å². The number of nitrogens with zero attached hydrogens (tertiary/aromatic N) is 4. The van der Waals surface area contributed by atoms with Gasteiger partial charge in [0.15, 0.2) is 0 Å². The largest absolute Gasteiger partial charge is 0.419 e. The number of aryl methyl sites for hydroxylation is 1. The van der Waals surface area contributed by atoms with Crippen LogP contribution < -0.4 is 4.90 Å². The van der Waals surface area contributed by atoms with Gasteiger partial charge in [-0.1, -0.05) is 17.7 Å². The van der Waals surface area contributed by atoms with E-state index in [9.17, 15) is 31.9 Å². The molecule has 7 nitrogen and oxygen atoms in total. The molecule has 3 amide bonds. The second-order valence-corrected chi connectivity index (χ2v) is 12.6. The molecule has 3 saturated heterocycles. The predicted octanol–water partition coefficient (Wildman–Crippen LogP) is 5.49. The lowest BCUT2D eigenvalue weighted by atomic mass is 9.94. The fourth-order valence-corrected chi connectivity index (χ4v) is 6.90. The van der Waals surface area contributed by atoms with Crippen LogP contribution in [0.1, 0.15) is 47.7 Å². The fourth-order valence-electron chi connectivity index (χ4n) is 6.73. The van der Waals surface area contributed by atoms with E-state index in [-0.39, 0.29) is 35.1 Å². The van der Waals surface area contributed by atoms with Crippen LogP contribution >= 0.6 is 11.6 Å². The Morgan fingerprint density at radius 1 is 0.955 bits per heavy atom. The maximum Gasteiger partial charge on any atom is 0.419 e. The molecular formula is C32H37ClF4N4O3. The van der Waals surface area contributed by atoms with Crippen LogP contribution in [0.5, 0.6) is 0 Å². The van der Waals surface area contributed by atoms with Crippen molar-refractivity contribution in [1.29, 1.82) is 0 Å². The number of fused-ring (bicyclic) bond motifs is 1. The molecule has 3 heterocycles. The molecule has 44 heavy (non-hydrogen) atoms. The van der Waals surface area contributed by atoms with Crippen LogP contribution in [-0.4, -0.2) is 84.8 Å². The zero-order valence-electron chi connectivity index (χ0n) is 24.9. The van der Waals surface area contributed by atoms with Gasteiger partial charge in [0.2, 0.25) is 11.8 Å². The zero-order valence-corrected chi connectivity index (χ0v) is 25.6. The SMILES string of the molecule is CC(=O)N1CCC(C(=O)N(CCCN2CC3CN(C(=O)c4ccc(C(F)(F)F)c(F)c4)CC3C2)c2ccc(C)c(Cl)c2)CC1. The third-order valence-corrected chi connectivity index (χ3v) is 9.66. The van der Waals surface area contributed by atoms with Crippen LogP contribution in [0.15, 0.2) is 36.4 Å². The van der Waals surface area contributed by atoms with E-state index in [0.29, 0.717) is 62.7 Å². The maximum atomic E-state index is 14.1. The van der Waals surface area contributed by atoms with Crippen molar-refractivity contribution in [3.05, 3.63) is 63.9 Å². The fraction of sp³-hybridized carbons (Fsp3) is 0.531. The van der Waals surface area contributed by atoms with Crippen molar-refractivity contribution in [2.24, 2.45) is 17.8 Å². The van der Waals surface area contributed by atoms with Gasteiger partial charge in [0.25, 0.3) is 5.91 Å². The molecule has 0 aliphatic carbocycles. The van der Waals surface area contributed by atoms with E-state index in [1.807, 2.05) is 30.0 Å². The summed E-state index contributed by atoms with van der Waals surface area (Å²) in [5, 5.41) is 0.595. The van der Waals surface area contributed by atoms with E-state index in [1.54, 1.807) is 16.7 Å². The zero-order chi connectivity index (χ0) is 31.8. The molecule has 3 aliphatic rings. The summed E-state index contributed by atoms with van der Waals surface area (Å²) in [6, 6.07) is 7.98. The first-order valence-corrected chi connectivity index (χ1v) is 15.4. The molecule has 5 rings (SSSR count). The minimum absolute atomic E-state index is 0.0226. The van der Waals surface area contributed by atoms with Crippen LogP contribution in [0.2, 0.25) is 5.02 Å². The summed E-state index contributed by atoms with van der Waals surface area (Å²) < 4.78 is 52.8. The summed E-state index contributed by atoms with van der Waals surface area (Å²) in [5.74, 6) is -1.57. The molecule has 0 spiro atoms. The predicted molar refractivity (Wildman–Crippen MR) is 159 cm³/mol. The number of likely N-dealkylation sites (tertiary alicyclic amines) is 3. The highest BCUT2D eigenvalue weighted by Gasteiger charge is 2.42. The van der Waals surface area contributed by atoms with Crippen molar-refractivity contribution in [2.75, 3.05) is 57.3 Å². The third kappa shape index (κ3) is 7.04. The van der Waals surface area contributed by atoms with Gasteiger partial charge in [-0.15, -0.1) is 0 Å². The number of hydrogen-bond acceptors (Lipinski definition) is 4. The summed E-state index contributed by atoms with van der Waals surface area (Å²) >= 11 is 6.42. The highest BCUT2D eigenvalue weighted by atomic mass is 35.5. The minimum Gasteiger partial charge on any atom is -0.343 e. The Bertz CT molecular complexity index is 1400. The van der Waals surface area contributed by atoms with E-state index >= 15 is 0 Å². The minimum atomic E-state index is -4.81. The standard InChI is InChI=1S/C32H37ClF4N4O3/c1-20-4-6-26(15-28(20)33)41(31(44)22-8-12-39(13-9-22)21(2)42)11-3-10-38-16-24-18-40(19-25(24)17-38)30(43)23-5-7-27(29(34)14-23)32(35,36)37/h4-7,14-15,22,24-25H,3,8-13,16-19H2,1-2H3. The topological polar surface area (TPSA) is 64.2 Å². The summed E-state index contributed by atoms with van der Waals surface area (Å²) in [7, 11) is 0. The molecule has 0 aromatic heterocycles. The van der Waals surface area contributed by atoms with E-state index in [4.69, 9.17) is 11.6 Å². The van der Waals surface area contributed by atoms with Gasteiger partial charge in [0.05, 0.1) is 5.56 Å². The van der Waals surface area contributed by atoms with Crippen LogP contribution in [0.4, 0.5) is 23.2 Å². The molecule has 3 fully saturated rings. The number of alkyl halides is 3. The van der Waals surface area contributed by atoms with Gasteiger partial charge in [0, 0.05) is 74.9 Å². The van der Waals surface area contributed by atoms with Gasteiger partial charge in [-0.3, -0.25) is 14.4 Å². The second-order valence-electron chi connectivity index (χ2n) is 12.2. The van der Waals surface area contributed by atoms with Crippen LogP contribution in [-0.2, 0) is 15.8 Å². The van der Waals surface area contributed by atoms with Gasteiger partial charge in [-0.05, 0) is 80.5 Å². The number of piperidine rings is 1. The van der Waals surface area contributed by atoms with Gasteiger partial charge in [0.1, 0.15) is 5.82 Å². The smallest absolute Gasteiger partial charge is 0.343 e. The number of benzene rings is 2. The Morgan fingerprint density at radius 2 is 1.61 bits per heavy atom. The molecule has 3 aliphatic heterocycles. The lowest BCUT2D eigenvalue weighted by molar-refractivity contribution is -0.140. The van der Waals surface area contributed by atoms with Gasteiger partial charge in [-0.2, -0.15) is 13.2 Å². The van der Waals surface area contributed by atoms with E-state index in [2.05, 4.69) is 4.90 Å². The number of anilines is 1. The molecule has 2 aromatic carbocycles. The van der Waals surface area contributed by atoms with Crippen molar-refractivity contribution in [3.8, 4) is 0 Å². The molecule has 0 saturated carbocycles. The Balaban J connectivity index is 1.16. The van der Waals surface area contributed by atoms with Crippen molar-refractivity contribution in [1.82, 2.24) is 14.7 Å². The molecule has 2 unspecified atom stereocenters. The van der Waals surface area contributed by atoms with Crippen molar-refractivity contribution in [3.63, 3.8) is 0 Å². The Labute approximate surface area is 259 Å². The normalized spacial score (nSPS) is 21.1. The van der Waals surface area contributed by atoms with Crippen molar-refractivity contribution >= 4 is 35.0 Å². The van der Waals surface area contributed by atoms with Crippen LogP contribution in [0.25, 0.3) is 0 Å². The Hall–Kier alpha value is -3.18. The Morgan fingerprint density at radius 3 is 2.18 bits per heavy atom. The van der Waals surface area contributed by atoms with Crippen molar-refractivity contribution in [2.45, 2.75) is 39.3 Å². The van der Waals surface area contributed by atoms with E-state index in [1.165, 1.54) is 0 Å². The summed E-state index contributed by atoms with van der Waals surface area (Å²) in [6.07, 6.45) is -2.83. The Kier molecular flexibility index (Phi) is 9.55. The number of carbonyl (C=O) groups is 3. The molecule has 0 bridgehead atoms. The highest BCUT2D eigenvalue weighted by molar-refractivity contribution is 6.31. The average Bonchev–Trinajstić information content (AvgIpc) is 3.55. The summed E-state index contributed by atoms with van der Waals surface area (Å²) in [6.45, 7) is 8.34. The first-order valence-electron chi connectivity index (χ1n) is 15.0.